The van der Waals surface area contributed by atoms with E-state index in [0.717, 1.165) is 67.4 Å². The van der Waals surface area contributed by atoms with Gasteiger partial charge in [-0.2, -0.15) is 0 Å². The standard InChI is InChI=1S/C60H47N3/c1-5-21-42-35-53-56(37-41(42)6-2)63(48-30-17-10-18-31-48)58-40-50(61(45-24-11-7-12-25-45)46-26-13-8-14-27-46)39-57(59(53)58)62(47-28-15-9-16-29-47)49-32-33-54-52(38-49)51-34-43-22-19-20-23-44(43)36-55(51)60(54,3)4/h5-40H,2H2,1,3-4H3/b21-5-. The third-order valence-corrected chi connectivity index (χ3v) is 12.9. The first-order chi connectivity index (χ1) is 30.9. The summed E-state index contributed by atoms with van der Waals surface area (Å²) in [6, 6.07) is 73.2. The summed E-state index contributed by atoms with van der Waals surface area (Å²) in [5.74, 6) is 0. The van der Waals surface area contributed by atoms with Crippen LogP contribution in [0.2, 0.25) is 0 Å². The number of fused-ring (bicyclic) bond motifs is 7. The molecule has 0 spiro atoms. The van der Waals surface area contributed by atoms with E-state index in [1.807, 2.05) is 6.08 Å². The maximum atomic E-state index is 4.28. The summed E-state index contributed by atoms with van der Waals surface area (Å²) in [7, 11) is 0. The van der Waals surface area contributed by atoms with E-state index in [4.69, 9.17) is 0 Å². The SMILES string of the molecule is C=Cc1cc2c(cc1/C=C\C)c1c(N(c3ccccc3)c3ccc4c(c3)-c3cc5ccccc5cc3C4(C)C)cc(N(c3ccccc3)c3ccccc3)cc1n2-c1ccccc1. The Kier molecular flexibility index (Phi) is 9.21. The Hall–Kier alpha value is -7.88. The van der Waals surface area contributed by atoms with Crippen LogP contribution < -0.4 is 9.80 Å². The third-order valence-electron chi connectivity index (χ3n) is 12.9. The van der Waals surface area contributed by atoms with E-state index in [0.29, 0.717) is 0 Å². The minimum atomic E-state index is -0.154. The summed E-state index contributed by atoms with van der Waals surface area (Å²) in [5.41, 5.74) is 17.1. The molecule has 0 radical (unpaired) electrons. The first-order valence-corrected chi connectivity index (χ1v) is 21.8. The number of hydrogen-bond acceptors (Lipinski definition) is 2. The van der Waals surface area contributed by atoms with Crippen molar-refractivity contribution in [1.29, 1.82) is 0 Å². The van der Waals surface area contributed by atoms with Crippen molar-refractivity contribution < 1.29 is 0 Å². The van der Waals surface area contributed by atoms with Crippen LogP contribution in [0.4, 0.5) is 34.1 Å². The summed E-state index contributed by atoms with van der Waals surface area (Å²) in [6.07, 6.45) is 6.29. The topological polar surface area (TPSA) is 11.4 Å². The predicted molar refractivity (Wildman–Crippen MR) is 270 cm³/mol. The van der Waals surface area contributed by atoms with Crippen molar-refractivity contribution in [2.45, 2.75) is 26.2 Å². The molecule has 1 aromatic heterocycles. The molecular weight excluding hydrogens is 763 g/mol. The molecule has 302 valence electrons. The van der Waals surface area contributed by atoms with Crippen molar-refractivity contribution in [3.05, 3.63) is 235 Å². The zero-order valence-corrected chi connectivity index (χ0v) is 35.8. The van der Waals surface area contributed by atoms with E-state index in [9.17, 15) is 0 Å². The fourth-order valence-electron chi connectivity index (χ4n) is 10.0. The molecule has 0 amide bonds. The molecule has 3 nitrogen and oxygen atoms in total. The van der Waals surface area contributed by atoms with E-state index in [1.165, 1.54) is 38.4 Å². The van der Waals surface area contributed by atoms with Crippen molar-refractivity contribution in [3.8, 4) is 16.8 Å². The molecule has 0 atom stereocenters. The molecule has 11 rings (SSSR count). The highest BCUT2D eigenvalue weighted by molar-refractivity contribution is 6.19. The first kappa shape index (κ1) is 38.1. The van der Waals surface area contributed by atoms with Crippen molar-refractivity contribution in [2.24, 2.45) is 0 Å². The molecule has 10 aromatic rings. The average Bonchev–Trinajstić information content (AvgIpc) is 3.76. The van der Waals surface area contributed by atoms with Crippen LogP contribution in [-0.2, 0) is 5.41 Å². The van der Waals surface area contributed by atoms with Gasteiger partial charge in [-0.25, -0.2) is 0 Å². The normalized spacial score (nSPS) is 12.8. The lowest BCUT2D eigenvalue weighted by atomic mass is 9.82. The van der Waals surface area contributed by atoms with Crippen LogP contribution in [0, 0.1) is 0 Å². The van der Waals surface area contributed by atoms with Gasteiger partial charge in [0.2, 0.25) is 0 Å². The number of benzene rings is 9. The molecule has 0 N–H and O–H groups in total. The highest BCUT2D eigenvalue weighted by Crippen LogP contribution is 2.53. The Labute approximate surface area is 369 Å². The summed E-state index contributed by atoms with van der Waals surface area (Å²) < 4.78 is 2.44. The number of nitrogens with zero attached hydrogens (tertiary/aromatic N) is 3. The van der Waals surface area contributed by atoms with Crippen LogP contribution >= 0.6 is 0 Å². The van der Waals surface area contributed by atoms with Crippen molar-refractivity contribution in [1.82, 2.24) is 4.57 Å². The minimum Gasteiger partial charge on any atom is -0.310 e. The molecule has 3 heteroatoms. The highest BCUT2D eigenvalue weighted by Gasteiger charge is 2.36. The quantitative estimate of drug-likeness (QED) is 0.144. The van der Waals surface area contributed by atoms with Gasteiger partial charge in [-0.05, 0) is 148 Å². The maximum Gasteiger partial charge on any atom is 0.0583 e. The highest BCUT2D eigenvalue weighted by atomic mass is 15.2. The van der Waals surface area contributed by atoms with Gasteiger partial charge in [0.25, 0.3) is 0 Å². The lowest BCUT2D eigenvalue weighted by Gasteiger charge is -2.31. The fraction of sp³-hybridized carbons (Fsp3) is 0.0667. The summed E-state index contributed by atoms with van der Waals surface area (Å²) in [4.78, 5) is 4.87. The van der Waals surface area contributed by atoms with Crippen LogP contribution in [0.1, 0.15) is 43.0 Å². The van der Waals surface area contributed by atoms with Crippen molar-refractivity contribution in [3.63, 3.8) is 0 Å². The lowest BCUT2D eigenvalue weighted by Crippen LogP contribution is -2.16. The van der Waals surface area contributed by atoms with E-state index in [1.54, 1.807) is 0 Å². The van der Waals surface area contributed by atoms with Crippen molar-refractivity contribution in [2.75, 3.05) is 9.80 Å². The molecule has 0 unspecified atom stereocenters. The summed E-state index contributed by atoms with van der Waals surface area (Å²) >= 11 is 0. The van der Waals surface area contributed by atoms with Gasteiger partial charge >= 0.3 is 0 Å². The Balaban J connectivity index is 1.28. The van der Waals surface area contributed by atoms with Crippen LogP contribution in [0.15, 0.2) is 213 Å². The molecule has 1 aliphatic rings. The van der Waals surface area contributed by atoms with Crippen LogP contribution in [0.3, 0.4) is 0 Å². The molecule has 63 heavy (non-hydrogen) atoms. The minimum absolute atomic E-state index is 0.154. The second kappa shape index (κ2) is 15.2. The predicted octanol–water partition coefficient (Wildman–Crippen LogP) is 16.9. The zero-order valence-electron chi connectivity index (χ0n) is 35.8. The largest absolute Gasteiger partial charge is 0.310 e. The van der Waals surface area contributed by atoms with Gasteiger partial charge in [0.05, 0.1) is 22.4 Å². The second-order valence-electron chi connectivity index (χ2n) is 17.0. The van der Waals surface area contributed by atoms with Gasteiger partial charge in [-0.1, -0.05) is 142 Å². The number of para-hydroxylation sites is 4. The second-order valence-corrected chi connectivity index (χ2v) is 17.0. The number of hydrogen-bond donors (Lipinski definition) is 0. The fourth-order valence-corrected chi connectivity index (χ4v) is 10.0. The first-order valence-electron chi connectivity index (χ1n) is 21.8. The molecule has 1 heterocycles. The third kappa shape index (κ3) is 6.27. The number of aromatic nitrogens is 1. The van der Waals surface area contributed by atoms with Crippen molar-refractivity contribution >= 4 is 78.9 Å². The van der Waals surface area contributed by atoms with Gasteiger partial charge in [0.1, 0.15) is 0 Å². The van der Waals surface area contributed by atoms with E-state index < -0.39 is 0 Å². The Morgan fingerprint density at radius 3 is 1.67 bits per heavy atom. The lowest BCUT2D eigenvalue weighted by molar-refractivity contribution is 0.661. The van der Waals surface area contributed by atoms with Gasteiger partial charge in [-0.3, -0.25) is 0 Å². The zero-order chi connectivity index (χ0) is 42.7. The maximum absolute atomic E-state index is 4.28. The van der Waals surface area contributed by atoms with Gasteiger partial charge in [0, 0.05) is 44.6 Å². The molecule has 1 aliphatic carbocycles. The Morgan fingerprint density at radius 1 is 0.476 bits per heavy atom. The van der Waals surface area contributed by atoms with Gasteiger partial charge < -0.3 is 14.4 Å². The van der Waals surface area contributed by atoms with Crippen LogP contribution in [0.5, 0.6) is 0 Å². The molecule has 0 saturated carbocycles. The molecule has 0 saturated heterocycles. The van der Waals surface area contributed by atoms with Gasteiger partial charge in [0.15, 0.2) is 0 Å². The summed E-state index contributed by atoms with van der Waals surface area (Å²) in [5, 5.41) is 4.86. The smallest absolute Gasteiger partial charge is 0.0583 e. The van der Waals surface area contributed by atoms with Gasteiger partial charge in [-0.15, -0.1) is 0 Å². The van der Waals surface area contributed by atoms with Crippen LogP contribution in [0.25, 0.3) is 61.5 Å². The average molecular weight is 810 g/mol. The molecule has 0 fully saturated rings. The van der Waals surface area contributed by atoms with E-state index in [-0.39, 0.29) is 5.41 Å². The van der Waals surface area contributed by atoms with E-state index in [2.05, 4.69) is 254 Å². The molecular formula is C60H47N3. The molecule has 0 bridgehead atoms. The van der Waals surface area contributed by atoms with Crippen LogP contribution in [-0.4, -0.2) is 4.57 Å². The Bertz CT molecular complexity index is 3340. The monoisotopic (exact) mass is 809 g/mol. The number of anilines is 6. The number of allylic oxidation sites excluding steroid dienone is 1. The molecule has 0 aliphatic heterocycles. The Morgan fingerprint density at radius 2 is 1.05 bits per heavy atom. The summed E-state index contributed by atoms with van der Waals surface area (Å²) in [6.45, 7) is 11.1. The van der Waals surface area contributed by atoms with E-state index >= 15 is 0 Å². The molecule has 9 aromatic carbocycles. The number of rotatable bonds is 9.